The lowest BCUT2D eigenvalue weighted by molar-refractivity contribution is 0.0733. The summed E-state index contributed by atoms with van der Waals surface area (Å²) in [6.07, 6.45) is 2.50. The molecule has 7 nitrogen and oxygen atoms in total. The van der Waals surface area contributed by atoms with Crippen LogP contribution < -0.4 is 19.5 Å². The first-order chi connectivity index (χ1) is 18.7. The van der Waals surface area contributed by atoms with Crippen molar-refractivity contribution in [3.8, 4) is 23.0 Å². The lowest BCUT2D eigenvalue weighted by Gasteiger charge is -2.26. The molecular weight excluding hydrogens is 480 g/mol. The van der Waals surface area contributed by atoms with Crippen molar-refractivity contribution in [3.63, 3.8) is 0 Å². The quantitative estimate of drug-likeness (QED) is 0.296. The van der Waals surface area contributed by atoms with Crippen LogP contribution in [-0.4, -0.2) is 64.4 Å². The van der Waals surface area contributed by atoms with Gasteiger partial charge in [0.05, 0.1) is 13.7 Å². The molecule has 1 N–H and O–H groups in total. The van der Waals surface area contributed by atoms with Crippen LogP contribution in [0.1, 0.15) is 28.8 Å². The predicted octanol–water partition coefficient (Wildman–Crippen LogP) is 5.20. The van der Waals surface area contributed by atoms with E-state index in [0.29, 0.717) is 55.7 Å². The highest BCUT2D eigenvalue weighted by Gasteiger charge is 2.24. The number of ether oxygens (including phenoxy) is 4. The van der Waals surface area contributed by atoms with E-state index in [1.54, 1.807) is 26.4 Å². The van der Waals surface area contributed by atoms with E-state index in [4.69, 9.17) is 18.9 Å². The van der Waals surface area contributed by atoms with Crippen molar-refractivity contribution in [1.29, 1.82) is 0 Å². The predicted molar refractivity (Wildman–Crippen MR) is 149 cm³/mol. The van der Waals surface area contributed by atoms with Gasteiger partial charge in [-0.25, -0.2) is 0 Å². The molecule has 3 aromatic rings. The zero-order valence-corrected chi connectivity index (χ0v) is 22.4. The second-order valence-electron chi connectivity index (χ2n) is 9.44. The molecule has 0 aliphatic carbocycles. The standard InChI is InChI=1S/C31H38N2O5/c1-35-19-8-20-37-30-21-26(13-14-29(30)36-2)31(34)33(23-24-15-17-32-22-24)18-16-25-9-6-7-12-28(25)38-27-10-4-3-5-11-27/h3-7,9-14,21,24,32H,8,15-20,22-23H2,1-2H3. The molecule has 1 saturated heterocycles. The molecule has 0 radical (unpaired) electrons. The molecule has 1 fully saturated rings. The Morgan fingerprint density at radius 2 is 1.76 bits per heavy atom. The summed E-state index contributed by atoms with van der Waals surface area (Å²) in [6, 6.07) is 23.2. The largest absolute Gasteiger partial charge is 0.493 e. The van der Waals surface area contributed by atoms with E-state index in [9.17, 15) is 4.79 Å². The fraction of sp³-hybridized carbons (Fsp3) is 0.387. The molecule has 38 heavy (non-hydrogen) atoms. The van der Waals surface area contributed by atoms with Gasteiger partial charge in [-0.1, -0.05) is 36.4 Å². The fourth-order valence-electron chi connectivity index (χ4n) is 4.63. The number of methoxy groups -OCH3 is 2. The summed E-state index contributed by atoms with van der Waals surface area (Å²) >= 11 is 0. The molecule has 1 atom stereocenters. The summed E-state index contributed by atoms with van der Waals surface area (Å²) in [4.78, 5) is 15.8. The van der Waals surface area contributed by atoms with Gasteiger partial charge in [0.1, 0.15) is 11.5 Å². The van der Waals surface area contributed by atoms with Gasteiger partial charge < -0.3 is 29.2 Å². The van der Waals surface area contributed by atoms with E-state index in [0.717, 1.165) is 43.0 Å². The number of hydrogen-bond donors (Lipinski definition) is 1. The number of rotatable bonds is 14. The van der Waals surface area contributed by atoms with Gasteiger partial charge in [0, 0.05) is 38.8 Å². The summed E-state index contributed by atoms with van der Waals surface area (Å²) < 4.78 is 22.7. The second-order valence-corrected chi connectivity index (χ2v) is 9.44. The molecule has 0 aromatic heterocycles. The lowest BCUT2D eigenvalue weighted by atomic mass is 10.1. The maximum atomic E-state index is 13.8. The minimum absolute atomic E-state index is 0.0113. The molecule has 1 aliphatic heterocycles. The minimum Gasteiger partial charge on any atom is -0.493 e. The van der Waals surface area contributed by atoms with Gasteiger partial charge in [0.15, 0.2) is 11.5 Å². The maximum Gasteiger partial charge on any atom is 0.254 e. The van der Waals surface area contributed by atoms with Crippen molar-refractivity contribution in [2.75, 3.05) is 53.6 Å². The third kappa shape index (κ3) is 7.73. The Morgan fingerprint density at radius 3 is 2.53 bits per heavy atom. The second kappa shape index (κ2) is 14.4. The van der Waals surface area contributed by atoms with Crippen LogP contribution in [-0.2, 0) is 11.2 Å². The van der Waals surface area contributed by atoms with Gasteiger partial charge in [0.2, 0.25) is 0 Å². The van der Waals surface area contributed by atoms with Crippen molar-refractivity contribution in [1.82, 2.24) is 10.2 Å². The Balaban J connectivity index is 1.50. The van der Waals surface area contributed by atoms with Crippen molar-refractivity contribution < 1.29 is 23.7 Å². The van der Waals surface area contributed by atoms with Gasteiger partial charge in [0.25, 0.3) is 5.91 Å². The van der Waals surface area contributed by atoms with Crippen LogP contribution in [0.3, 0.4) is 0 Å². The summed E-state index contributed by atoms with van der Waals surface area (Å²) in [5.74, 6) is 3.20. The van der Waals surface area contributed by atoms with Crippen LogP contribution in [0.5, 0.6) is 23.0 Å². The molecule has 202 valence electrons. The first-order valence-electron chi connectivity index (χ1n) is 13.3. The maximum absolute atomic E-state index is 13.8. The van der Waals surface area contributed by atoms with Gasteiger partial charge in [-0.05, 0) is 73.8 Å². The molecule has 0 spiro atoms. The average molecular weight is 519 g/mol. The minimum atomic E-state index is -0.0113. The Labute approximate surface area is 225 Å². The van der Waals surface area contributed by atoms with Crippen LogP contribution in [0.2, 0.25) is 0 Å². The Hall–Kier alpha value is -3.55. The molecule has 0 bridgehead atoms. The monoisotopic (exact) mass is 518 g/mol. The molecule has 1 aliphatic rings. The molecule has 1 heterocycles. The van der Waals surface area contributed by atoms with E-state index in [-0.39, 0.29) is 5.91 Å². The Bertz CT molecular complexity index is 1150. The van der Waals surface area contributed by atoms with Gasteiger partial charge in [-0.2, -0.15) is 0 Å². The third-order valence-corrected chi connectivity index (χ3v) is 6.68. The highest BCUT2D eigenvalue weighted by atomic mass is 16.5. The van der Waals surface area contributed by atoms with Crippen LogP contribution in [0.15, 0.2) is 72.8 Å². The van der Waals surface area contributed by atoms with Crippen LogP contribution in [0.4, 0.5) is 0 Å². The first kappa shape index (κ1) is 27.5. The van der Waals surface area contributed by atoms with Gasteiger partial charge in [-0.15, -0.1) is 0 Å². The average Bonchev–Trinajstić information content (AvgIpc) is 3.47. The summed E-state index contributed by atoms with van der Waals surface area (Å²) in [6.45, 7) is 4.29. The number of carbonyl (C=O) groups is 1. The Kier molecular flexibility index (Phi) is 10.4. The molecule has 1 unspecified atom stereocenters. The van der Waals surface area contributed by atoms with Crippen molar-refractivity contribution in [2.45, 2.75) is 19.3 Å². The molecule has 1 amide bonds. The number of amides is 1. The van der Waals surface area contributed by atoms with Crippen molar-refractivity contribution in [2.24, 2.45) is 5.92 Å². The van der Waals surface area contributed by atoms with E-state index in [1.807, 2.05) is 59.5 Å². The van der Waals surface area contributed by atoms with Crippen LogP contribution in [0.25, 0.3) is 0 Å². The zero-order chi connectivity index (χ0) is 26.6. The number of hydrogen-bond acceptors (Lipinski definition) is 6. The van der Waals surface area contributed by atoms with Gasteiger partial charge >= 0.3 is 0 Å². The molecule has 0 saturated carbocycles. The Morgan fingerprint density at radius 1 is 0.947 bits per heavy atom. The van der Waals surface area contributed by atoms with E-state index >= 15 is 0 Å². The third-order valence-electron chi connectivity index (χ3n) is 6.68. The van der Waals surface area contributed by atoms with E-state index < -0.39 is 0 Å². The molecule has 3 aromatic carbocycles. The molecule has 7 heteroatoms. The molecule has 4 rings (SSSR count). The van der Waals surface area contributed by atoms with Crippen LogP contribution in [0, 0.1) is 5.92 Å². The van der Waals surface area contributed by atoms with Gasteiger partial charge in [-0.3, -0.25) is 4.79 Å². The van der Waals surface area contributed by atoms with E-state index in [1.165, 1.54) is 0 Å². The molecular formula is C31H38N2O5. The van der Waals surface area contributed by atoms with E-state index in [2.05, 4.69) is 11.4 Å². The van der Waals surface area contributed by atoms with Crippen molar-refractivity contribution >= 4 is 5.91 Å². The highest BCUT2D eigenvalue weighted by molar-refractivity contribution is 5.95. The highest BCUT2D eigenvalue weighted by Crippen LogP contribution is 2.30. The summed E-state index contributed by atoms with van der Waals surface area (Å²) in [5.41, 5.74) is 1.66. The lowest BCUT2D eigenvalue weighted by Crippen LogP contribution is -2.37. The normalized spacial score (nSPS) is 14.7. The number of para-hydroxylation sites is 2. The number of carbonyl (C=O) groups excluding carboxylic acids is 1. The van der Waals surface area contributed by atoms with Crippen LogP contribution >= 0.6 is 0 Å². The SMILES string of the molecule is COCCCOc1cc(C(=O)N(CCc2ccccc2Oc2ccccc2)CC2CCNC2)ccc1OC. The summed E-state index contributed by atoms with van der Waals surface area (Å²) in [5, 5.41) is 3.42. The van der Waals surface area contributed by atoms with Crippen molar-refractivity contribution in [3.05, 3.63) is 83.9 Å². The first-order valence-corrected chi connectivity index (χ1v) is 13.3. The topological polar surface area (TPSA) is 69.3 Å². The fourth-order valence-corrected chi connectivity index (χ4v) is 4.63. The number of benzene rings is 3. The number of nitrogens with one attached hydrogen (secondary N) is 1. The number of nitrogens with zero attached hydrogens (tertiary/aromatic N) is 1. The zero-order valence-electron chi connectivity index (χ0n) is 22.4. The summed E-state index contributed by atoms with van der Waals surface area (Å²) in [7, 11) is 3.27. The smallest absolute Gasteiger partial charge is 0.254 e.